The van der Waals surface area contributed by atoms with E-state index in [-0.39, 0.29) is 0 Å². The highest BCUT2D eigenvalue weighted by atomic mass is 35.5. The maximum atomic E-state index is 6.18. The predicted molar refractivity (Wildman–Crippen MR) is 83.8 cm³/mol. The highest BCUT2D eigenvalue weighted by Gasteiger charge is 2.09. The van der Waals surface area contributed by atoms with Gasteiger partial charge in [0.2, 0.25) is 0 Å². The summed E-state index contributed by atoms with van der Waals surface area (Å²) in [5.41, 5.74) is 2.07. The largest absolute Gasteiger partial charge is 0.497 e. The van der Waals surface area contributed by atoms with Crippen molar-refractivity contribution in [2.45, 2.75) is 0 Å². The molecule has 3 aromatic rings. The Morgan fingerprint density at radius 2 is 1.70 bits per heavy atom. The van der Waals surface area contributed by atoms with E-state index in [0.29, 0.717) is 10.2 Å². The third-order valence-electron chi connectivity index (χ3n) is 3.20. The minimum Gasteiger partial charge on any atom is -0.497 e. The van der Waals surface area contributed by atoms with Crippen LogP contribution >= 0.6 is 23.2 Å². The summed E-state index contributed by atoms with van der Waals surface area (Å²) in [6.07, 6.45) is 1.78. The standard InChI is InChI=1S/C16H11Cl2NO/c1-20-12-6-7-13-14(8-12)16(18)19-9-15(13)10-2-4-11(17)5-3-10/h2-9H,1H3. The number of methoxy groups -OCH3 is 1. The fraction of sp³-hybridized carbons (Fsp3) is 0.0625. The Morgan fingerprint density at radius 3 is 2.40 bits per heavy atom. The Hall–Kier alpha value is -1.77. The molecule has 0 saturated heterocycles. The molecular formula is C16H11Cl2NO. The van der Waals surface area contributed by atoms with Gasteiger partial charge in [0.1, 0.15) is 10.9 Å². The molecular weight excluding hydrogens is 293 g/mol. The number of hydrogen-bond acceptors (Lipinski definition) is 2. The lowest BCUT2D eigenvalue weighted by Crippen LogP contribution is -1.88. The highest BCUT2D eigenvalue weighted by molar-refractivity contribution is 6.34. The minimum absolute atomic E-state index is 0.469. The van der Waals surface area contributed by atoms with E-state index in [0.717, 1.165) is 27.6 Å². The van der Waals surface area contributed by atoms with Crippen LogP contribution in [0.15, 0.2) is 48.7 Å². The van der Waals surface area contributed by atoms with E-state index < -0.39 is 0 Å². The summed E-state index contributed by atoms with van der Waals surface area (Å²) in [7, 11) is 1.63. The molecule has 0 aliphatic rings. The van der Waals surface area contributed by atoms with Gasteiger partial charge in [0.05, 0.1) is 7.11 Å². The van der Waals surface area contributed by atoms with E-state index in [2.05, 4.69) is 4.98 Å². The molecule has 0 fully saturated rings. The summed E-state index contributed by atoms with van der Waals surface area (Å²) in [5, 5.41) is 3.09. The molecule has 0 aliphatic carbocycles. The lowest BCUT2D eigenvalue weighted by molar-refractivity contribution is 0.415. The van der Waals surface area contributed by atoms with Gasteiger partial charge in [0, 0.05) is 22.2 Å². The molecule has 3 rings (SSSR count). The number of aromatic nitrogens is 1. The molecule has 4 heteroatoms. The van der Waals surface area contributed by atoms with Crippen LogP contribution in [0.5, 0.6) is 5.75 Å². The van der Waals surface area contributed by atoms with E-state index in [1.807, 2.05) is 42.5 Å². The lowest BCUT2D eigenvalue weighted by atomic mass is 10.0. The van der Waals surface area contributed by atoms with Gasteiger partial charge in [-0.3, -0.25) is 0 Å². The van der Waals surface area contributed by atoms with E-state index in [1.54, 1.807) is 13.3 Å². The van der Waals surface area contributed by atoms with Crippen molar-refractivity contribution in [3.8, 4) is 16.9 Å². The topological polar surface area (TPSA) is 22.1 Å². The van der Waals surface area contributed by atoms with E-state index in [9.17, 15) is 0 Å². The predicted octanol–water partition coefficient (Wildman–Crippen LogP) is 5.22. The first-order valence-corrected chi connectivity index (χ1v) is 6.83. The summed E-state index contributed by atoms with van der Waals surface area (Å²) in [4.78, 5) is 4.26. The Kier molecular flexibility index (Phi) is 3.51. The van der Waals surface area contributed by atoms with Gasteiger partial charge >= 0.3 is 0 Å². The molecule has 0 amide bonds. The average Bonchev–Trinajstić information content (AvgIpc) is 2.49. The highest BCUT2D eigenvalue weighted by Crippen LogP contribution is 2.34. The Morgan fingerprint density at radius 1 is 0.950 bits per heavy atom. The van der Waals surface area contributed by atoms with E-state index in [4.69, 9.17) is 27.9 Å². The fourth-order valence-electron chi connectivity index (χ4n) is 2.18. The average molecular weight is 304 g/mol. The van der Waals surface area contributed by atoms with Crippen LogP contribution in [0.2, 0.25) is 10.2 Å². The molecule has 0 unspecified atom stereocenters. The number of pyridine rings is 1. The van der Waals surface area contributed by atoms with Gasteiger partial charge in [-0.15, -0.1) is 0 Å². The second-order valence-electron chi connectivity index (χ2n) is 4.38. The number of fused-ring (bicyclic) bond motifs is 1. The van der Waals surface area contributed by atoms with Crippen molar-refractivity contribution < 1.29 is 4.74 Å². The quantitative estimate of drug-likeness (QED) is 0.606. The zero-order valence-electron chi connectivity index (χ0n) is 10.7. The van der Waals surface area contributed by atoms with Gasteiger partial charge in [-0.05, 0) is 41.3 Å². The van der Waals surface area contributed by atoms with Gasteiger partial charge in [-0.25, -0.2) is 4.98 Å². The number of rotatable bonds is 2. The molecule has 0 radical (unpaired) electrons. The minimum atomic E-state index is 0.469. The summed E-state index contributed by atoms with van der Waals surface area (Å²) in [6, 6.07) is 13.5. The maximum Gasteiger partial charge on any atom is 0.137 e. The Bertz CT molecular complexity index is 769. The Labute approximate surface area is 126 Å². The lowest BCUT2D eigenvalue weighted by Gasteiger charge is -2.09. The molecule has 2 aromatic carbocycles. The van der Waals surface area contributed by atoms with Crippen LogP contribution in [0, 0.1) is 0 Å². The normalized spacial score (nSPS) is 10.8. The van der Waals surface area contributed by atoms with Crippen molar-refractivity contribution in [1.82, 2.24) is 4.98 Å². The summed E-state index contributed by atoms with van der Waals surface area (Å²) in [6.45, 7) is 0. The van der Waals surface area contributed by atoms with E-state index >= 15 is 0 Å². The molecule has 1 heterocycles. The number of benzene rings is 2. The third kappa shape index (κ3) is 2.33. The smallest absolute Gasteiger partial charge is 0.137 e. The molecule has 0 atom stereocenters. The molecule has 1 aromatic heterocycles. The molecule has 2 nitrogen and oxygen atoms in total. The third-order valence-corrected chi connectivity index (χ3v) is 3.75. The monoisotopic (exact) mass is 303 g/mol. The van der Waals surface area contributed by atoms with Crippen LogP contribution in [0.25, 0.3) is 21.9 Å². The first kappa shape index (κ1) is 13.2. The van der Waals surface area contributed by atoms with Gasteiger partial charge < -0.3 is 4.74 Å². The van der Waals surface area contributed by atoms with E-state index in [1.165, 1.54) is 0 Å². The molecule has 0 spiro atoms. The summed E-state index contributed by atoms with van der Waals surface area (Å²) in [5.74, 6) is 0.759. The number of ether oxygens (including phenoxy) is 1. The number of nitrogens with zero attached hydrogens (tertiary/aromatic N) is 1. The molecule has 0 N–H and O–H groups in total. The van der Waals surface area contributed by atoms with Crippen molar-refractivity contribution >= 4 is 34.0 Å². The molecule has 0 aliphatic heterocycles. The second kappa shape index (κ2) is 5.31. The summed E-state index contributed by atoms with van der Waals surface area (Å²) < 4.78 is 5.23. The molecule has 0 bridgehead atoms. The van der Waals surface area contributed by atoms with Crippen molar-refractivity contribution in [2.75, 3.05) is 7.11 Å². The number of halogens is 2. The maximum absolute atomic E-state index is 6.18. The molecule has 100 valence electrons. The number of hydrogen-bond donors (Lipinski definition) is 0. The van der Waals surface area contributed by atoms with Crippen LogP contribution in [0.1, 0.15) is 0 Å². The first-order chi connectivity index (χ1) is 9.69. The van der Waals surface area contributed by atoms with Crippen molar-refractivity contribution in [1.29, 1.82) is 0 Å². The van der Waals surface area contributed by atoms with Gasteiger partial charge in [-0.1, -0.05) is 35.3 Å². The zero-order valence-corrected chi connectivity index (χ0v) is 12.2. The van der Waals surface area contributed by atoms with Crippen molar-refractivity contribution in [3.05, 3.63) is 58.8 Å². The van der Waals surface area contributed by atoms with Crippen LogP contribution in [-0.2, 0) is 0 Å². The first-order valence-electron chi connectivity index (χ1n) is 6.07. The van der Waals surface area contributed by atoms with Crippen LogP contribution in [-0.4, -0.2) is 12.1 Å². The van der Waals surface area contributed by atoms with Gasteiger partial charge in [0.15, 0.2) is 0 Å². The van der Waals surface area contributed by atoms with Gasteiger partial charge in [-0.2, -0.15) is 0 Å². The SMILES string of the molecule is COc1ccc2c(-c3ccc(Cl)cc3)cnc(Cl)c2c1. The second-order valence-corrected chi connectivity index (χ2v) is 5.18. The summed E-state index contributed by atoms with van der Waals surface area (Å²) >= 11 is 12.1. The van der Waals surface area contributed by atoms with Crippen LogP contribution in [0.4, 0.5) is 0 Å². The zero-order chi connectivity index (χ0) is 14.1. The fourth-order valence-corrected chi connectivity index (χ4v) is 2.51. The van der Waals surface area contributed by atoms with Crippen molar-refractivity contribution in [3.63, 3.8) is 0 Å². The van der Waals surface area contributed by atoms with Crippen molar-refractivity contribution in [2.24, 2.45) is 0 Å². The molecule has 0 saturated carbocycles. The Balaban J connectivity index is 2.26. The van der Waals surface area contributed by atoms with Crippen LogP contribution < -0.4 is 4.74 Å². The van der Waals surface area contributed by atoms with Gasteiger partial charge in [0.25, 0.3) is 0 Å². The molecule has 20 heavy (non-hydrogen) atoms. The van der Waals surface area contributed by atoms with Crippen LogP contribution in [0.3, 0.4) is 0 Å².